The highest BCUT2D eigenvalue weighted by Gasteiger charge is 2.05. The van der Waals surface area contributed by atoms with Crippen molar-refractivity contribution in [3.05, 3.63) is 53.7 Å². The minimum atomic E-state index is -0.513. The van der Waals surface area contributed by atoms with Crippen LogP contribution in [0.3, 0.4) is 0 Å². The molecule has 2 rings (SSSR count). The second-order valence-corrected chi connectivity index (χ2v) is 5.17. The van der Waals surface area contributed by atoms with Gasteiger partial charge in [0.15, 0.2) is 5.78 Å². The smallest absolute Gasteiger partial charge is 0.219 e. The van der Waals surface area contributed by atoms with E-state index in [-0.39, 0.29) is 5.78 Å². The molecule has 0 saturated carbocycles. The summed E-state index contributed by atoms with van der Waals surface area (Å²) in [6.07, 6.45) is 6.18. The van der Waals surface area contributed by atoms with E-state index in [1.807, 2.05) is 12.1 Å². The third-order valence-electron chi connectivity index (χ3n) is 3.42. The van der Waals surface area contributed by atoms with Crippen molar-refractivity contribution < 1.29 is 14.6 Å². The predicted octanol–water partition coefficient (Wildman–Crippen LogP) is 3.78. The molecule has 1 N–H and O–H groups in total. The molecule has 0 aliphatic carbocycles. The first kappa shape index (κ1) is 16.2. The third kappa shape index (κ3) is 4.67. The molecule has 0 unspecified atom stereocenters. The second kappa shape index (κ2) is 8.29. The van der Waals surface area contributed by atoms with E-state index >= 15 is 0 Å². The number of aliphatic hydroxyl groups is 1. The summed E-state index contributed by atoms with van der Waals surface area (Å²) >= 11 is 0. The number of aliphatic hydroxyl groups excluding tert-OH is 1. The van der Waals surface area contributed by atoms with E-state index in [2.05, 4.69) is 24.0 Å². The van der Waals surface area contributed by atoms with Gasteiger partial charge >= 0.3 is 0 Å². The molecular weight excluding hydrogens is 278 g/mol. The van der Waals surface area contributed by atoms with Gasteiger partial charge in [-0.25, -0.2) is 4.98 Å². The fourth-order valence-electron chi connectivity index (χ4n) is 2.12. The maximum absolute atomic E-state index is 11.3. The topological polar surface area (TPSA) is 59.4 Å². The van der Waals surface area contributed by atoms with Gasteiger partial charge in [-0.05, 0) is 36.6 Å². The van der Waals surface area contributed by atoms with Gasteiger partial charge in [0, 0.05) is 17.8 Å². The van der Waals surface area contributed by atoms with Crippen molar-refractivity contribution >= 4 is 5.78 Å². The standard InChI is InChI=1S/C18H21NO3/c1-2-3-4-5-14-6-9-16(10-7-14)22-18-11-8-15(12-19-18)17(21)13-20/h6-12,20H,2-5,13H2,1H3. The Morgan fingerprint density at radius 3 is 2.50 bits per heavy atom. The monoisotopic (exact) mass is 299 g/mol. The number of nitrogens with zero attached hydrogens (tertiary/aromatic N) is 1. The SMILES string of the molecule is CCCCCc1ccc(Oc2ccc(C(=O)CO)cn2)cc1. The summed E-state index contributed by atoms with van der Waals surface area (Å²) in [6, 6.07) is 11.2. The number of hydrogen-bond acceptors (Lipinski definition) is 4. The minimum Gasteiger partial charge on any atom is -0.439 e. The van der Waals surface area contributed by atoms with Crippen LogP contribution in [0.2, 0.25) is 0 Å². The molecule has 0 saturated heterocycles. The molecule has 1 aromatic carbocycles. The van der Waals surface area contributed by atoms with Crippen LogP contribution >= 0.6 is 0 Å². The molecule has 116 valence electrons. The Morgan fingerprint density at radius 1 is 1.14 bits per heavy atom. The fourth-order valence-corrected chi connectivity index (χ4v) is 2.12. The first-order valence-electron chi connectivity index (χ1n) is 7.60. The lowest BCUT2D eigenvalue weighted by molar-refractivity contribution is 0.0903. The molecule has 0 amide bonds. The van der Waals surface area contributed by atoms with E-state index in [1.54, 1.807) is 12.1 Å². The minimum absolute atomic E-state index is 0.351. The van der Waals surface area contributed by atoms with E-state index in [9.17, 15) is 4.79 Å². The molecule has 0 aliphatic rings. The zero-order valence-corrected chi connectivity index (χ0v) is 12.8. The Labute approximate surface area is 130 Å². The van der Waals surface area contributed by atoms with Gasteiger partial charge in [-0.3, -0.25) is 4.79 Å². The average molecular weight is 299 g/mol. The van der Waals surface area contributed by atoms with Crippen LogP contribution in [-0.4, -0.2) is 22.5 Å². The van der Waals surface area contributed by atoms with Gasteiger partial charge in [0.25, 0.3) is 0 Å². The van der Waals surface area contributed by atoms with E-state index in [4.69, 9.17) is 9.84 Å². The lowest BCUT2D eigenvalue weighted by atomic mass is 10.1. The van der Waals surface area contributed by atoms with E-state index in [0.29, 0.717) is 17.2 Å². The molecule has 4 heteroatoms. The Bertz CT molecular complexity index is 591. The van der Waals surface area contributed by atoms with Gasteiger partial charge in [-0.15, -0.1) is 0 Å². The van der Waals surface area contributed by atoms with Crippen molar-refractivity contribution in [3.63, 3.8) is 0 Å². The van der Waals surface area contributed by atoms with E-state index in [0.717, 1.165) is 6.42 Å². The Morgan fingerprint density at radius 2 is 1.91 bits per heavy atom. The Kier molecular flexibility index (Phi) is 6.10. The van der Waals surface area contributed by atoms with Crippen molar-refractivity contribution in [2.45, 2.75) is 32.6 Å². The highest BCUT2D eigenvalue weighted by Crippen LogP contribution is 2.20. The molecule has 22 heavy (non-hydrogen) atoms. The zero-order chi connectivity index (χ0) is 15.8. The van der Waals surface area contributed by atoms with Crippen molar-refractivity contribution in [2.24, 2.45) is 0 Å². The molecule has 0 spiro atoms. The van der Waals surface area contributed by atoms with Crippen molar-refractivity contribution in [2.75, 3.05) is 6.61 Å². The lowest BCUT2D eigenvalue weighted by Crippen LogP contribution is -2.04. The number of pyridine rings is 1. The third-order valence-corrected chi connectivity index (χ3v) is 3.42. The number of rotatable bonds is 8. The van der Waals surface area contributed by atoms with Crippen LogP contribution in [0.1, 0.15) is 42.1 Å². The van der Waals surface area contributed by atoms with Gasteiger partial charge in [-0.2, -0.15) is 0 Å². The van der Waals surface area contributed by atoms with Crippen LogP contribution in [-0.2, 0) is 6.42 Å². The van der Waals surface area contributed by atoms with Crippen molar-refractivity contribution in [1.29, 1.82) is 0 Å². The summed E-state index contributed by atoms with van der Waals surface area (Å²) < 4.78 is 5.64. The molecule has 1 heterocycles. The van der Waals surface area contributed by atoms with Crippen molar-refractivity contribution in [3.8, 4) is 11.6 Å². The van der Waals surface area contributed by atoms with Gasteiger partial charge in [0.05, 0.1) is 0 Å². The van der Waals surface area contributed by atoms with Crippen LogP contribution in [0, 0.1) is 0 Å². The van der Waals surface area contributed by atoms with Crippen LogP contribution in [0.25, 0.3) is 0 Å². The molecule has 1 aromatic heterocycles. The number of unbranched alkanes of at least 4 members (excludes halogenated alkanes) is 2. The molecule has 0 bridgehead atoms. The zero-order valence-electron chi connectivity index (χ0n) is 12.8. The quantitative estimate of drug-likeness (QED) is 0.595. The van der Waals surface area contributed by atoms with Gasteiger partial charge in [0.2, 0.25) is 5.88 Å². The van der Waals surface area contributed by atoms with E-state index < -0.39 is 6.61 Å². The molecule has 0 radical (unpaired) electrons. The maximum atomic E-state index is 11.3. The Balaban J connectivity index is 1.94. The summed E-state index contributed by atoms with van der Waals surface area (Å²) in [5.74, 6) is 0.789. The number of carbonyl (C=O) groups excluding carboxylic acids is 1. The molecule has 4 nitrogen and oxygen atoms in total. The molecule has 0 aliphatic heterocycles. The summed E-state index contributed by atoms with van der Waals surface area (Å²) in [7, 11) is 0. The van der Waals surface area contributed by atoms with E-state index in [1.165, 1.54) is 31.0 Å². The second-order valence-electron chi connectivity index (χ2n) is 5.17. The molecule has 0 atom stereocenters. The first-order chi connectivity index (χ1) is 10.7. The number of hydrogen-bond donors (Lipinski definition) is 1. The fraction of sp³-hybridized carbons (Fsp3) is 0.333. The normalized spacial score (nSPS) is 10.5. The number of aromatic nitrogens is 1. The first-order valence-corrected chi connectivity index (χ1v) is 7.60. The maximum Gasteiger partial charge on any atom is 0.219 e. The Hall–Kier alpha value is -2.20. The lowest BCUT2D eigenvalue weighted by Gasteiger charge is -2.06. The number of ketones is 1. The van der Waals surface area contributed by atoms with Gasteiger partial charge in [0.1, 0.15) is 12.4 Å². The number of carbonyl (C=O) groups is 1. The van der Waals surface area contributed by atoms with Crippen LogP contribution in [0.15, 0.2) is 42.6 Å². The highest BCUT2D eigenvalue weighted by atomic mass is 16.5. The highest BCUT2D eigenvalue weighted by molar-refractivity contribution is 5.96. The summed E-state index contributed by atoms with van der Waals surface area (Å²) in [5.41, 5.74) is 1.68. The summed E-state index contributed by atoms with van der Waals surface area (Å²) in [4.78, 5) is 15.4. The largest absolute Gasteiger partial charge is 0.439 e. The number of ether oxygens (including phenoxy) is 1. The van der Waals surface area contributed by atoms with Crippen LogP contribution in [0.4, 0.5) is 0 Å². The summed E-state index contributed by atoms with van der Waals surface area (Å²) in [5, 5.41) is 8.79. The van der Waals surface area contributed by atoms with Gasteiger partial charge in [-0.1, -0.05) is 31.9 Å². The van der Waals surface area contributed by atoms with Gasteiger partial charge < -0.3 is 9.84 Å². The molecule has 2 aromatic rings. The number of aryl methyl sites for hydroxylation is 1. The average Bonchev–Trinajstić information content (AvgIpc) is 2.57. The molecular formula is C18H21NO3. The predicted molar refractivity (Wildman–Crippen MR) is 85.4 cm³/mol. The molecule has 0 fully saturated rings. The number of benzene rings is 1. The number of Topliss-reactive ketones (excluding diaryl/α,β-unsaturated/α-hetero) is 1. The van der Waals surface area contributed by atoms with Crippen LogP contribution < -0.4 is 4.74 Å². The summed E-state index contributed by atoms with van der Waals surface area (Å²) in [6.45, 7) is 1.69. The van der Waals surface area contributed by atoms with Crippen LogP contribution in [0.5, 0.6) is 11.6 Å². The van der Waals surface area contributed by atoms with Crippen molar-refractivity contribution in [1.82, 2.24) is 4.98 Å².